The number of aromatic amines is 1. The van der Waals surface area contributed by atoms with Crippen molar-refractivity contribution in [2.45, 2.75) is 6.92 Å². The molecule has 1 amide bonds. The average molecular weight is 310 g/mol. The van der Waals surface area contributed by atoms with E-state index < -0.39 is 5.82 Å². The summed E-state index contributed by atoms with van der Waals surface area (Å²) >= 11 is 0. The van der Waals surface area contributed by atoms with Gasteiger partial charge < -0.3 is 15.6 Å². The Kier molecular flexibility index (Phi) is 3.96. The Morgan fingerprint density at radius 2 is 2.26 bits per heavy atom. The Balaban J connectivity index is 2.17. The van der Waals surface area contributed by atoms with Gasteiger partial charge >= 0.3 is 0 Å². The molecule has 23 heavy (non-hydrogen) atoms. The monoisotopic (exact) mass is 310 g/mol. The highest BCUT2D eigenvalue weighted by Gasteiger charge is 2.28. The number of carbonyl (C=O) groups is 1. The lowest BCUT2D eigenvalue weighted by Crippen LogP contribution is -2.05. The number of hydrogen-bond donors (Lipinski definition) is 3. The maximum atomic E-state index is 14.2. The van der Waals surface area contributed by atoms with Crippen molar-refractivity contribution in [3.63, 3.8) is 0 Å². The van der Waals surface area contributed by atoms with Crippen molar-refractivity contribution < 1.29 is 9.18 Å². The van der Waals surface area contributed by atoms with Crippen LogP contribution >= 0.6 is 0 Å². The summed E-state index contributed by atoms with van der Waals surface area (Å²) in [7, 11) is 1.76. The van der Waals surface area contributed by atoms with Crippen LogP contribution < -0.4 is 10.6 Å². The predicted octanol–water partition coefficient (Wildman–Crippen LogP) is 1.92. The van der Waals surface area contributed by atoms with Gasteiger partial charge in [0, 0.05) is 5.56 Å². The van der Waals surface area contributed by atoms with Crippen molar-refractivity contribution in [2.75, 3.05) is 18.9 Å². The first-order valence-corrected chi connectivity index (χ1v) is 7.11. The molecule has 0 atom stereocenters. The molecule has 0 radical (unpaired) electrons. The van der Waals surface area contributed by atoms with Crippen LogP contribution in [0.3, 0.4) is 0 Å². The van der Waals surface area contributed by atoms with Crippen LogP contribution in [0.25, 0.3) is 11.6 Å². The highest BCUT2D eigenvalue weighted by Crippen LogP contribution is 2.36. The minimum absolute atomic E-state index is 0.222. The molecule has 1 aliphatic heterocycles. The first kappa shape index (κ1) is 15.0. The van der Waals surface area contributed by atoms with Crippen molar-refractivity contribution in [3.8, 4) is 11.8 Å². The van der Waals surface area contributed by atoms with E-state index in [2.05, 4.69) is 32.4 Å². The molecule has 3 N–H and O–H groups in total. The third-order valence-electron chi connectivity index (χ3n) is 3.55. The molecule has 116 valence electrons. The van der Waals surface area contributed by atoms with Crippen molar-refractivity contribution in [2.24, 2.45) is 0 Å². The molecular weight excluding hydrogens is 295 g/mol. The van der Waals surface area contributed by atoms with E-state index in [1.165, 1.54) is 6.07 Å². The summed E-state index contributed by atoms with van der Waals surface area (Å²) < 4.78 is 14.2. The Labute approximate surface area is 133 Å². The van der Waals surface area contributed by atoms with Crippen LogP contribution in [0.15, 0.2) is 18.5 Å². The number of imidazole rings is 1. The summed E-state index contributed by atoms with van der Waals surface area (Å²) in [5.41, 5.74) is 3.13. The fourth-order valence-electron chi connectivity index (χ4n) is 2.41. The van der Waals surface area contributed by atoms with Gasteiger partial charge in [-0.05, 0) is 32.2 Å². The number of aryl methyl sites for hydroxylation is 1. The minimum Gasteiger partial charge on any atom is -0.345 e. The maximum absolute atomic E-state index is 14.2. The fraction of sp³-hybridized carbons (Fsp3) is 0.176. The van der Waals surface area contributed by atoms with Gasteiger partial charge in [0.15, 0.2) is 0 Å². The summed E-state index contributed by atoms with van der Waals surface area (Å²) in [4.78, 5) is 19.3. The van der Waals surface area contributed by atoms with Crippen LogP contribution in [0.2, 0.25) is 0 Å². The van der Waals surface area contributed by atoms with E-state index in [1.54, 1.807) is 25.5 Å². The van der Waals surface area contributed by atoms with Gasteiger partial charge in [-0.15, -0.1) is 0 Å². The number of aromatic nitrogens is 2. The lowest BCUT2D eigenvalue weighted by Gasteiger charge is -2.04. The first-order chi connectivity index (χ1) is 11.1. The van der Waals surface area contributed by atoms with Gasteiger partial charge in [-0.1, -0.05) is 11.8 Å². The van der Waals surface area contributed by atoms with E-state index in [-0.39, 0.29) is 11.5 Å². The molecule has 0 fully saturated rings. The summed E-state index contributed by atoms with van der Waals surface area (Å²) in [5, 5.41) is 5.63. The smallest absolute Gasteiger partial charge is 0.256 e. The summed E-state index contributed by atoms with van der Waals surface area (Å²) in [5.74, 6) is 4.92. The van der Waals surface area contributed by atoms with Crippen LogP contribution in [-0.4, -0.2) is 29.5 Å². The number of carbonyl (C=O) groups excluding carboxylic acids is 1. The first-order valence-electron chi connectivity index (χ1n) is 7.11. The van der Waals surface area contributed by atoms with Crippen molar-refractivity contribution in [3.05, 3.63) is 46.8 Å². The minimum atomic E-state index is -0.448. The highest BCUT2D eigenvalue weighted by molar-refractivity contribution is 6.35. The summed E-state index contributed by atoms with van der Waals surface area (Å²) in [6.07, 6.45) is 3.22. The zero-order valence-electron chi connectivity index (χ0n) is 12.7. The topological polar surface area (TPSA) is 69.8 Å². The van der Waals surface area contributed by atoms with E-state index in [4.69, 9.17) is 0 Å². The van der Waals surface area contributed by atoms with Gasteiger partial charge in [-0.2, -0.15) is 0 Å². The average Bonchev–Trinajstić information content (AvgIpc) is 3.07. The van der Waals surface area contributed by atoms with E-state index >= 15 is 0 Å². The van der Waals surface area contributed by atoms with Gasteiger partial charge in [0.2, 0.25) is 0 Å². The van der Waals surface area contributed by atoms with Crippen LogP contribution in [0.1, 0.15) is 22.5 Å². The third-order valence-corrected chi connectivity index (χ3v) is 3.55. The van der Waals surface area contributed by atoms with Gasteiger partial charge in [0.1, 0.15) is 5.82 Å². The Morgan fingerprint density at radius 3 is 2.96 bits per heavy atom. The number of H-pyrrole nitrogens is 1. The number of halogens is 1. The molecule has 0 saturated heterocycles. The van der Waals surface area contributed by atoms with Crippen molar-refractivity contribution >= 4 is 23.2 Å². The molecule has 1 aromatic carbocycles. The van der Waals surface area contributed by atoms with Crippen LogP contribution in [-0.2, 0) is 4.79 Å². The second-order valence-electron chi connectivity index (χ2n) is 5.09. The molecule has 0 bridgehead atoms. The number of rotatable bonds is 2. The van der Waals surface area contributed by atoms with E-state index in [0.29, 0.717) is 29.1 Å². The van der Waals surface area contributed by atoms with Crippen molar-refractivity contribution in [1.29, 1.82) is 0 Å². The molecule has 2 heterocycles. The molecule has 2 aromatic rings. The Bertz CT molecular complexity index is 870. The lowest BCUT2D eigenvalue weighted by molar-refractivity contribution is -0.110. The van der Waals surface area contributed by atoms with Gasteiger partial charge in [0.25, 0.3) is 5.91 Å². The zero-order chi connectivity index (χ0) is 16.4. The number of benzene rings is 1. The largest absolute Gasteiger partial charge is 0.345 e. The maximum Gasteiger partial charge on any atom is 0.256 e. The molecule has 5 nitrogen and oxygen atoms in total. The highest BCUT2D eigenvalue weighted by atomic mass is 19.1. The number of amides is 1. The van der Waals surface area contributed by atoms with Crippen LogP contribution in [0, 0.1) is 24.6 Å². The lowest BCUT2D eigenvalue weighted by atomic mass is 9.99. The molecule has 0 aliphatic carbocycles. The molecule has 1 aliphatic rings. The molecule has 1 aromatic heterocycles. The number of hydrogen-bond acceptors (Lipinski definition) is 3. The van der Waals surface area contributed by atoms with Gasteiger partial charge in [-0.25, -0.2) is 9.37 Å². The Morgan fingerprint density at radius 1 is 1.43 bits per heavy atom. The summed E-state index contributed by atoms with van der Waals surface area (Å²) in [6.45, 7) is 2.26. The van der Waals surface area contributed by atoms with E-state index in [0.717, 1.165) is 5.69 Å². The van der Waals surface area contributed by atoms with E-state index in [1.807, 2.05) is 6.92 Å². The fourth-order valence-corrected chi connectivity index (χ4v) is 2.41. The number of fused-ring (bicyclic) bond motifs is 1. The number of nitrogens with zero attached hydrogens (tertiary/aromatic N) is 1. The zero-order valence-corrected chi connectivity index (χ0v) is 12.7. The van der Waals surface area contributed by atoms with Crippen molar-refractivity contribution in [1.82, 2.24) is 15.3 Å². The summed E-state index contributed by atoms with van der Waals surface area (Å²) in [6, 6.07) is 2.86. The molecule has 6 heteroatoms. The third kappa shape index (κ3) is 2.74. The SMILES string of the molecule is CNCC#Cc1c(F)ccc2c1/C(=C/c1[nH]cnc1C)C(=O)N2. The molecule has 3 rings (SSSR count). The van der Waals surface area contributed by atoms with Gasteiger partial charge in [0.05, 0.1) is 41.1 Å². The second-order valence-corrected chi connectivity index (χ2v) is 5.09. The second kappa shape index (κ2) is 6.07. The molecule has 0 spiro atoms. The van der Waals surface area contributed by atoms with Gasteiger partial charge in [-0.3, -0.25) is 4.79 Å². The number of anilines is 1. The van der Waals surface area contributed by atoms with Crippen LogP contribution in [0.5, 0.6) is 0 Å². The standard InChI is InChI=1S/C17H15FN4O/c1-10-15(21-9-20-10)8-12-16-11(4-3-7-19-2)13(18)5-6-14(16)22-17(12)23/h5-6,8-9,19H,7H2,1-2H3,(H,20,21)(H,22,23)/b12-8-. The normalized spacial score (nSPS) is 14.4. The molecule has 0 unspecified atom stereocenters. The molecule has 0 saturated carbocycles. The quantitative estimate of drug-likeness (QED) is 0.586. The van der Waals surface area contributed by atoms with E-state index in [9.17, 15) is 9.18 Å². The predicted molar refractivity (Wildman–Crippen MR) is 87.0 cm³/mol. The Hall–Kier alpha value is -2.91. The molecular formula is C17H15FN4O. The van der Waals surface area contributed by atoms with Crippen LogP contribution in [0.4, 0.5) is 10.1 Å². The number of nitrogens with one attached hydrogen (secondary N) is 3.